The molecule has 2 rings (SSSR count). The highest BCUT2D eigenvalue weighted by Gasteiger charge is 2.27. The molecular formula is C13H16ClNO2. The maximum Gasteiger partial charge on any atom is 0.242 e. The molecule has 1 amide bonds. The number of alkyl halides is 1. The number of hydrogen-bond acceptors (Lipinski definition) is 2. The fourth-order valence-electron chi connectivity index (χ4n) is 1.66. The zero-order valence-electron chi connectivity index (χ0n) is 9.78. The lowest BCUT2D eigenvalue weighted by Crippen LogP contribution is -2.28. The summed E-state index contributed by atoms with van der Waals surface area (Å²) in [5, 5.41) is 2.28. The molecule has 1 aromatic carbocycles. The van der Waals surface area contributed by atoms with Crippen LogP contribution in [0.2, 0.25) is 0 Å². The van der Waals surface area contributed by atoms with Gasteiger partial charge in [-0.3, -0.25) is 4.79 Å². The molecular weight excluding hydrogens is 238 g/mol. The summed E-state index contributed by atoms with van der Waals surface area (Å²) in [5.74, 6) is -0.108. The second-order valence-electron chi connectivity index (χ2n) is 4.32. The van der Waals surface area contributed by atoms with E-state index in [1.807, 2.05) is 24.3 Å². The quantitative estimate of drug-likeness (QED) is 0.819. The summed E-state index contributed by atoms with van der Waals surface area (Å²) < 4.78 is 5.05. The van der Waals surface area contributed by atoms with Crippen molar-refractivity contribution in [2.45, 2.75) is 30.9 Å². The summed E-state index contributed by atoms with van der Waals surface area (Å²) in [6.45, 7) is 0.529. The number of benzene rings is 1. The predicted octanol–water partition coefficient (Wildman–Crippen LogP) is 2.39. The van der Waals surface area contributed by atoms with E-state index in [1.54, 1.807) is 7.11 Å². The van der Waals surface area contributed by atoms with Gasteiger partial charge in [-0.2, -0.15) is 0 Å². The zero-order chi connectivity index (χ0) is 12.3. The van der Waals surface area contributed by atoms with Crippen LogP contribution in [-0.2, 0) is 16.1 Å². The molecule has 17 heavy (non-hydrogen) atoms. The molecule has 4 heteroatoms. The summed E-state index contributed by atoms with van der Waals surface area (Å²) >= 11 is 6.15. The van der Waals surface area contributed by atoms with Crippen LogP contribution in [0.1, 0.15) is 29.3 Å². The molecule has 1 fully saturated rings. The van der Waals surface area contributed by atoms with Crippen molar-refractivity contribution in [2.75, 3.05) is 7.11 Å². The molecule has 1 N–H and O–H groups in total. The molecule has 1 atom stereocenters. The van der Waals surface area contributed by atoms with E-state index >= 15 is 0 Å². The van der Waals surface area contributed by atoms with Gasteiger partial charge in [0, 0.05) is 13.2 Å². The number of methoxy groups -OCH3 is 1. The molecule has 92 valence electrons. The minimum absolute atomic E-state index is 0.108. The second kappa shape index (κ2) is 5.52. The number of hydrogen-bond donors (Lipinski definition) is 1. The highest BCUT2D eigenvalue weighted by molar-refractivity contribution is 6.30. The number of nitrogens with one attached hydrogen (secondary N) is 1. The Labute approximate surface area is 106 Å². The van der Waals surface area contributed by atoms with Crippen molar-refractivity contribution in [3.63, 3.8) is 0 Å². The Morgan fingerprint density at radius 2 is 2.35 bits per heavy atom. The smallest absolute Gasteiger partial charge is 0.242 e. The Morgan fingerprint density at radius 1 is 1.59 bits per heavy atom. The first kappa shape index (κ1) is 12.4. The van der Waals surface area contributed by atoms with Crippen LogP contribution < -0.4 is 5.32 Å². The Morgan fingerprint density at radius 3 is 3.00 bits per heavy atom. The minimum Gasteiger partial charge on any atom is -0.380 e. The topological polar surface area (TPSA) is 38.3 Å². The highest BCUT2D eigenvalue weighted by atomic mass is 35.5. The Kier molecular flexibility index (Phi) is 4.02. The molecule has 0 radical (unpaired) electrons. The molecule has 0 aromatic heterocycles. The third kappa shape index (κ3) is 3.45. The molecule has 0 bridgehead atoms. The van der Waals surface area contributed by atoms with Gasteiger partial charge in [-0.15, -0.1) is 11.6 Å². The average Bonchev–Trinajstić information content (AvgIpc) is 3.13. The van der Waals surface area contributed by atoms with Crippen LogP contribution in [0.3, 0.4) is 0 Å². The van der Waals surface area contributed by atoms with Gasteiger partial charge in [0.05, 0.1) is 6.61 Å². The lowest BCUT2D eigenvalue weighted by Gasteiger charge is -2.11. The van der Waals surface area contributed by atoms with Crippen molar-refractivity contribution >= 4 is 17.5 Å². The van der Waals surface area contributed by atoms with Gasteiger partial charge in [0.25, 0.3) is 0 Å². The summed E-state index contributed by atoms with van der Waals surface area (Å²) in [6, 6.07) is 7.96. The standard InChI is InChI=1S/C13H16ClNO2/c1-17-8-9-3-2-4-10(7-9)12(14)13(16)15-11-5-6-11/h2-4,7,11-12H,5-6,8H2,1H3,(H,15,16). The van der Waals surface area contributed by atoms with Crippen molar-refractivity contribution in [3.05, 3.63) is 35.4 Å². The third-order valence-corrected chi connectivity index (χ3v) is 3.16. The van der Waals surface area contributed by atoms with Crippen LogP contribution in [0.25, 0.3) is 0 Å². The molecule has 0 saturated heterocycles. The first-order valence-electron chi connectivity index (χ1n) is 5.73. The van der Waals surface area contributed by atoms with E-state index in [9.17, 15) is 4.79 Å². The molecule has 0 aliphatic heterocycles. The van der Waals surface area contributed by atoms with Crippen molar-refractivity contribution in [3.8, 4) is 0 Å². The van der Waals surface area contributed by atoms with Crippen molar-refractivity contribution in [2.24, 2.45) is 0 Å². The second-order valence-corrected chi connectivity index (χ2v) is 4.76. The minimum atomic E-state index is -0.618. The number of carbonyl (C=O) groups is 1. The lowest BCUT2D eigenvalue weighted by molar-refractivity contribution is -0.121. The zero-order valence-corrected chi connectivity index (χ0v) is 10.5. The molecule has 0 spiro atoms. The molecule has 1 aliphatic rings. The van der Waals surface area contributed by atoms with E-state index in [-0.39, 0.29) is 5.91 Å². The van der Waals surface area contributed by atoms with Gasteiger partial charge in [-0.1, -0.05) is 24.3 Å². The van der Waals surface area contributed by atoms with Gasteiger partial charge in [0.1, 0.15) is 5.38 Å². The van der Waals surface area contributed by atoms with Gasteiger partial charge >= 0.3 is 0 Å². The van der Waals surface area contributed by atoms with E-state index in [0.29, 0.717) is 12.6 Å². The molecule has 1 unspecified atom stereocenters. The average molecular weight is 254 g/mol. The number of halogens is 1. The Bertz CT molecular complexity index is 404. The van der Waals surface area contributed by atoms with Crippen LogP contribution in [-0.4, -0.2) is 19.1 Å². The predicted molar refractivity (Wildman–Crippen MR) is 66.9 cm³/mol. The summed E-state index contributed by atoms with van der Waals surface area (Å²) in [7, 11) is 1.64. The maximum absolute atomic E-state index is 11.8. The van der Waals surface area contributed by atoms with E-state index in [0.717, 1.165) is 24.0 Å². The number of ether oxygens (including phenoxy) is 1. The summed E-state index contributed by atoms with van der Waals surface area (Å²) in [6.07, 6.45) is 2.14. The number of amides is 1. The van der Waals surface area contributed by atoms with Crippen LogP contribution >= 0.6 is 11.6 Å². The molecule has 3 nitrogen and oxygen atoms in total. The van der Waals surface area contributed by atoms with Gasteiger partial charge < -0.3 is 10.1 Å². The van der Waals surface area contributed by atoms with E-state index < -0.39 is 5.38 Å². The van der Waals surface area contributed by atoms with Gasteiger partial charge in [-0.05, 0) is 24.0 Å². The van der Waals surface area contributed by atoms with Crippen LogP contribution in [0.5, 0.6) is 0 Å². The van der Waals surface area contributed by atoms with E-state index in [1.165, 1.54) is 0 Å². The molecule has 0 heterocycles. The van der Waals surface area contributed by atoms with Crippen molar-refractivity contribution < 1.29 is 9.53 Å². The van der Waals surface area contributed by atoms with E-state index in [2.05, 4.69) is 5.32 Å². The van der Waals surface area contributed by atoms with Crippen LogP contribution in [0.15, 0.2) is 24.3 Å². The normalized spacial score (nSPS) is 16.6. The Hall–Kier alpha value is -1.06. The van der Waals surface area contributed by atoms with Crippen molar-refractivity contribution in [1.29, 1.82) is 0 Å². The van der Waals surface area contributed by atoms with E-state index in [4.69, 9.17) is 16.3 Å². The highest BCUT2D eigenvalue weighted by Crippen LogP contribution is 2.25. The number of carbonyl (C=O) groups excluding carboxylic acids is 1. The lowest BCUT2D eigenvalue weighted by atomic mass is 10.1. The van der Waals surface area contributed by atoms with Gasteiger partial charge in [0.15, 0.2) is 0 Å². The largest absolute Gasteiger partial charge is 0.380 e. The van der Waals surface area contributed by atoms with Crippen LogP contribution in [0, 0.1) is 0 Å². The third-order valence-electron chi connectivity index (χ3n) is 2.71. The fraction of sp³-hybridized carbons (Fsp3) is 0.462. The first-order chi connectivity index (χ1) is 8.20. The molecule has 1 aromatic rings. The number of rotatable bonds is 5. The molecule has 1 aliphatic carbocycles. The maximum atomic E-state index is 11.8. The van der Waals surface area contributed by atoms with Gasteiger partial charge in [-0.25, -0.2) is 0 Å². The fourth-order valence-corrected chi connectivity index (χ4v) is 1.86. The van der Waals surface area contributed by atoms with Gasteiger partial charge in [0.2, 0.25) is 5.91 Å². The summed E-state index contributed by atoms with van der Waals surface area (Å²) in [5.41, 5.74) is 1.84. The Balaban J connectivity index is 2.03. The monoisotopic (exact) mass is 253 g/mol. The SMILES string of the molecule is COCc1cccc(C(Cl)C(=O)NC2CC2)c1. The first-order valence-corrected chi connectivity index (χ1v) is 6.16. The summed E-state index contributed by atoms with van der Waals surface area (Å²) in [4.78, 5) is 11.8. The molecule has 1 saturated carbocycles. The van der Waals surface area contributed by atoms with Crippen LogP contribution in [0.4, 0.5) is 0 Å². The van der Waals surface area contributed by atoms with Crippen molar-refractivity contribution in [1.82, 2.24) is 5.32 Å².